The van der Waals surface area contributed by atoms with E-state index in [1.54, 1.807) is 0 Å². The van der Waals surface area contributed by atoms with E-state index in [2.05, 4.69) is 9.97 Å². The second-order valence-electron chi connectivity index (χ2n) is 6.78. The van der Waals surface area contributed by atoms with Gasteiger partial charge in [-0.1, -0.05) is 34.8 Å². The Balaban J connectivity index is 2.19. The minimum absolute atomic E-state index is 0.00194. The maximum atomic E-state index is 13.4. The van der Waals surface area contributed by atoms with Crippen molar-refractivity contribution in [2.45, 2.75) is 17.2 Å². The van der Waals surface area contributed by atoms with Crippen molar-refractivity contribution in [3.8, 4) is 0 Å². The number of halogens is 6. The number of pyridine rings is 2. The Labute approximate surface area is 207 Å². The summed E-state index contributed by atoms with van der Waals surface area (Å²) in [5, 5.41) is 10.3. The summed E-state index contributed by atoms with van der Waals surface area (Å²) in [7, 11) is -3.49. The highest BCUT2D eigenvalue weighted by Crippen LogP contribution is 2.38. The molecule has 2 aromatic heterocycles. The molecule has 0 bridgehead atoms. The molecule has 0 aliphatic carbocycles. The number of aromatic nitrogens is 2. The molecule has 3 aromatic rings. The molecular formula is C20H15Cl3F3N3O4S. The molecule has 7 nitrogen and oxygen atoms in total. The molecule has 1 atom stereocenters. The highest BCUT2D eigenvalue weighted by atomic mass is 35.5. The van der Waals surface area contributed by atoms with Crippen LogP contribution >= 0.6 is 34.8 Å². The molecule has 0 spiro atoms. The first kappa shape index (κ1) is 26.5. The van der Waals surface area contributed by atoms with Crippen molar-refractivity contribution in [1.29, 1.82) is 0 Å². The van der Waals surface area contributed by atoms with Crippen LogP contribution in [0.15, 0.2) is 53.7 Å². The predicted octanol–water partition coefficient (Wildman–Crippen LogP) is 5.34. The maximum absolute atomic E-state index is 13.4. The average molecular weight is 557 g/mol. The van der Waals surface area contributed by atoms with Gasteiger partial charge in [0.15, 0.2) is 0 Å². The Bertz CT molecular complexity index is 1310. The van der Waals surface area contributed by atoms with E-state index in [1.165, 1.54) is 37.7 Å². The largest absolute Gasteiger partial charge is 0.417 e. The molecule has 1 aromatic carbocycles. The SMILES string of the molecule is COCN(c1cc(Cl)cnc1C(O)c1ccnc(Cl)c1)S(=O)(=O)c1ccc(Cl)c(C(F)(F)F)c1. The smallest absolute Gasteiger partial charge is 0.382 e. The first-order valence-corrected chi connectivity index (χ1v) is 11.8. The summed E-state index contributed by atoms with van der Waals surface area (Å²) < 4.78 is 72.5. The molecule has 182 valence electrons. The first-order valence-electron chi connectivity index (χ1n) is 9.19. The number of ether oxygens (including phenoxy) is 1. The van der Waals surface area contributed by atoms with Gasteiger partial charge in [0.2, 0.25) is 0 Å². The molecule has 1 N–H and O–H groups in total. The lowest BCUT2D eigenvalue weighted by atomic mass is 10.1. The zero-order valence-electron chi connectivity index (χ0n) is 17.1. The van der Waals surface area contributed by atoms with Crippen molar-refractivity contribution < 1.29 is 31.4 Å². The van der Waals surface area contributed by atoms with E-state index in [0.29, 0.717) is 10.4 Å². The minimum Gasteiger partial charge on any atom is -0.382 e. The highest BCUT2D eigenvalue weighted by Gasteiger charge is 2.36. The fraction of sp³-hybridized carbons (Fsp3) is 0.200. The number of aliphatic hydroxyl groups is 1. The quantitative estimate of drug-likeness (QED) is 0.312. The van der Waals surface area contributed by atoms with E-state index in [1.807, 2.05) is 0 Å². The van der Waals surface area contributed by atoms with Crippen molar-refractivity contribution in [2.24, 2.45) is 0 Å². The van der Waals surface area contributed by atoms with Crippen LogP contribution in [-0.4, -0.2) is 37.3 Å². The summed E-state index contributed by atoms with van der Waals surface area (Å²) >= 11 is 17.5. The molecule has 34 heavy (non-hydrogen) atoms. The number of methoxy groups -OCH3 is 1. The van der Waals surface area contributed by atoms with Crippen LogP contribution in [0.2, 0.25) is 15.2 Å². The van der Waals surface area contributed by atoms with E-state index < -0.39 is 44.5 Å². The van der Waals surface area contributed by atoms with Crippen LogP contribution in [0.25, 0.3) is 0 Å². The van der Waals surface area contributed by atoms with Gasteiger partial charge in [-0.05, 0) is 42.0 Å². The predicted molar refractivity (Wildman–Crippen MR) is 121 cm³/mol. The van der Waals surface area contributed by atoms with Crippen LogP contribution < -0.4 is 4.31 Å². The van der Waals surface area contributed by atoms with Gasteiger partial charge in [-0.25, -0.2) is 17.7 Å². The third-order valence-electron chi connectivity index (χ3n) is 4.54. The normalized spacial score (nSPS) is 13.1. The van der Waals surface area contributed by atoms with Gasteiger partial charge in [0, 0.05) is 19.5 Å². The van der Waals surface area contributed by atoms with Crippen LogP contribution in [0.5, 0.6) is 0 Å². The summed E-state index contributed by atoms with van der Waals surface area (Å²) in [5.41, 5.74) is -1.49. The van der Waals surface area contributed by atoms with Crippen molar-refractivity contribution in [3.05, 3.63) is 80.8 Å². The van der Waals surface area contributed by atoms with Gasteiger partial charge in [0.05, 0.1) is 31.9 Å². The van der Waals surface area contributed by atoms with Gasteiger partial charge in [-0.2, -0.15) is 13.2 Å². The number of hydrogen-bond acceptors (Lipinski definition) is 6. The van der Waals surface area contributed by atoms with Crippen molar-refractivity contribution in [3.63, 3.8) is 0 Å². The second-order valence-corrected chi connectivity index (χ2v) is 9.88. The molecule has 0 aliphatic heterocycles. The Morgan fingerprint density at radius 2 is 1.82 bits per heavy atom. The van der Waals surface area contributed by atoms with E-state index in [0.717, 1.165) is 12.1 Å². The third-order valence-corrected chi connectivity index (χ3v) is 7.01. The minimum atomic E-state index is -4.89. The molecule has 0 saturated heterocycles. The second kappa shape index (κ2) is 10.2. The maximum Gasteiger partial charge on any atom is 0.417 e. The van der Waals surface area contributed by atoms with E-state index in [-0.39, 0.29) is 27.1 Å². The topological polar surface area (TPSA) is 92.6 Å². The molecule has 1 unspecified atom stereocenters. The van der Waals surface area contributed by atoms with Crippen LogP contribution in [-0.2, 0) is 20.9 Å². The number of sulfonamides is 1. The first-order chi connectivity index (χ1) is 15.9. The molecule has 0 radical (unpaired) electrons. The zero-order chi connectivity index (χ0) is 25.3. The van der Waals surface area contributed by atoms with Gasteiger partial charge in [0.1, 0.15) is 18.0 Å². The Morgan fingerprint density at radius 1 is 1.12 bits per heavy atom. The Kier molecular flexibility index (Phi) is 7.96. The van der Waals surface area contributed by atoms with Crippen LogP contribution in [0, 0.1) is 0 Å². The molecule has 0 fully saturated rings. The number of rotatable bonds is 7. The molecule has 14 heteroatoms. The summed E-state index contributed by atoms with van der Waals surface area (Å²) in [6.45, 7) is -0.634. The average Bonchev–Trinajstić information content (AvgIpc) is 2.76. The van der Waals surface area contributed by atoms with Gasteiger partial charge in [-0.15, -0.1) is 0 Å². The summed E-state index contributed by atoms with van der Waals surface area (Å²) in [6, 6.07) is 6.13. The van der Waals surface area contributed by atoms with E-state index in [4.69, 9.17) is 39.5 Å². The van der Waals surface area contributed by atoms with E-state index >= 15 is 0 Å². The number of benzene rings is 1. The molecule has 0 saturated carbocycles. The number of anilines is 1. The lowest BCUT2D eigenvalue weighted by molar-refractivity contribution is -0.137. The van der Waals surface area contributed by atoms with Crippen molar-refractivity contribution in [1.82, 2.24) is 9.97 Å². The summed E-state index contributed by atoms with van der Waals surface area (Å²) in [4.78, 5) is 7.16. The van der Waals surface area contributed by atoms with E-state index in [9.17, 15) is 26.7 Å². The number of nitrogens with zero attached hydrogens (tertiary/aromatic N) is 3. The monoisotopic (exact) mass is 555 g/mol. The lowest BCUT2D eigenvalue weighted by Crippen LogP contribution is -2.34. The molecular weight excluding hydrogens is 542 g/mol. The lowest BCUT2D eigenvalue weighted by Gasteiger charge is -2.27. The molecule has 3 rings (SSSR count). The molecule has 0 amide bonds. The summed E-state index contributed by atoms with van der Waals surface area (Å²) in [6.07, 6.45) is -3.88. The van der Waals surface area contributed by atoms with Gasteiger partial charge in [0.25, 0.3) is 10.0 Å². The fourth-order valence-electron chi connectivity index (χ4n) is 2.99. The number of alkyl halides is 3. The van der Waals surface area contributed by atoms with Crippen LogP contribution in [0.1, 0.15) is 22.9 Å². The molecule has 2 heterocycles. The standard InChI is InChI=1S/C20H15Cl3F3N3O4S/c1-33-10-29(34(31,32)13-2-3-15(22)14(8-13)20(24,25)26)16-7-12(21)9-28-18(16)19(30)11-4-5-27-17(23)6-11/h2-9,19,30H,10H2,1H3. The van der Waals surface area contributed by atoms with Gasteiger partial charge >= 0.3 is 6.18 Å². The van der Waals surface area contributed by atoms with Crippen LogP contribution in [0.4, 0.5) is 18.9 Å². The zero-order valence-corrected chi connectivity index (χ0v) is 20.2. The van der Waals surface area contributed by atoms with Gasteiger partial charge in [-0.3, -0.25) is 4.98 Å². The number of aliphatic hydroxyl groups excluding tert-OH is 1. The van der Waals surface area contributed by atoms with Gasteiger partial charge < -0.3 is 9.84 Å². The van der Waals surface area contributed by atoms with Crippen molar-refractivity contribution in [2.75, 3.05) is 18.1 Å². The fourth-order valence-corrected chi connectivity index (χ4v) is 4.96. The third kappa shape index (κ3) is 5.56. The number of hydrogen-bond donors (Lipinski definition) is 1. The Morgan fingerprint density at radius 3 is 2.44 bits per heavy atom. The van der Waals surface area contributed by atoms with Crippen LogP contribution in [0.3, 0.4) is 0 Å². The van der Waals surface area contributed by atoms with Crippen molar-refractivity contribution >= 4 is 50.5 Å². The highest BCUT2D eigenvalue weighted by molar-refractivity contribution is 7.92. The summed E-state index contributed by atoms with van der Waals surface area (Å²) in [5.74, 6) is 0. The Hall–Kier alpha value is -2.15. The molecule has 0 aliphatic rings.